The Bertz CT molecular complexity index is 443. The van der Waals surface area contributed by atoms with E-state index in [1.807, 2.05) is 0 Å². The van der Waals surface area contributed by atoms with Crippen LogP contribution in [0.15, 0.2) is 16.6 Å². The predicted molar refractivity (Wildman–Crippen MR) is 83.4 cm³/mol. The van der Waals surface area contributed by atoms with Gasteiger partial charge in [-0.05, 0) is 32.1 Å². The number of allylic oxidation sites excluding steroid dienone is 1. The van der Waals surface area contributed by atoms with Crippen molar-refractivity contribution in [2.75, 3.05) is 32.9 Å². The van der Waals surface area contributed by atoms with Crippen molar-refractivity contribution in [3.63, 3.8) is 0 Å². The number of guanidine groups is 1. The quantitative estimate of drug-likeness (QED) is 0.278. The highest BCUT2D eigenvalue weighted by atomic mass is 32.2. The van der Waals surface area contributed by atoms with Crippen LogP contribution in [0.1, 0.15) is 32.1 Å². The summed E-state index contributed by atoms with van der Waals surface area (Å²) in [6, 6.07) is 0. The molecule has 0 unspecified atom stereocenters. The summed E-state index contributed by atoms with van der Waals surface area (Å²) in [6.07, 6.45) is 9.58. The molecule has 7 heteroatoms. The molecule has 0 aromatic carbocycles. The van der Waals surface area contributed by atoms with E-state index in [4.69, 9.17) is 0 Å². The average molecular weight is 302 g/mol. The maximum absolute atomic E-state index is 10.9. The molecule has 0 fully saturated rings. The molecule has 0 saturated carbocycles. The molecule has 3 N–H and O–H groups in total. The SMILES string of the molecule is CN=C(NCCNS(C)(=O)=O)NCCC1=CCCCC1. The van der Waals surface area contributed by atoms with Gasteiger partial charge in [-0.1, -0.05) is 11.6 Å². The van der Waals surface area contributed by atoms with Gasteiger partial charge < -0.3 is 10.6 Å². The van der Waals surface area contributed by atoms with Crippen molar-refractivity contribution in [2.24, 2.45) is 4.99 Å². The third kappa shape index (κ3) is 8.16. The summed E-state index contributed by atoms with van der Waals surface area (Å²) in [5.74, 6) is 0.705. The summed E-state index contributed by atoms with van der Waals surface area (Å²) in [5.41, 5.74) is 1.53. The van der Waals surface area contributed by atoms with Gasteiger partial charge >= 0.3 is 0 Å². The van der Waals surface area contributed by atoms with Gasteiger partial charge in [-0.3, -0.25) is 4.99 Å². The molecule has 116 valence electrons. The van der Waals surface area contributed by atoms with Gasteiger partial charge in [0.05, 0.1) is 6.26 Å². The van der Waals surface area contributed by atoms with Crippen LogP contribution in [0.5, 0.6) is 0 Å². The molecular weight excluding hydrogens is 276 g/mol. The van der Waals surface area contributed by atoms with E-state index in [0.717, 1.165) is 19.2 Å². The monoisotopic (exact) mass is 302 g/mol. The lowest BCUT2D eigenvalue weighted by Crippen LogP contribution is -2.41. The molecule has 0 amide bonds. The van der Waals surface area contributed by atoms with Crippen LogP contribution < -0.4 is 15.4 Å². The molecular formula is C13H26N4O2S. The molecule has 0 bridgehead atoms. The summed E-state index contributed by atoms with van der Waals surface area (Å²) in [4.78, 5) is 4.10. The number of nitrogens with zero attached hydrogens (tertiary/aromatic N) is 1. The summed E-state index contributed by atoms with van der Waals surface area (Å²) < 4.78 is 24.2. The van der Waals surface area contributed by atoms with Crippen molar-refractivity contribution >= 4 is 16.0 Å². The Morgan fingerprint density at radius 1 is 1.25 bits per heavy atom. The molecule has 0 aliphatic heterocycles. The molecule has 0 saturated heterocycles. The van der Waals surface area contributed by atoms with Crippen LogP contribution in [0.3, 0.4) is 0 Å². The van der Waals surface area contributed by atoms with Gasteiger partial charge in [-0.15, -0.1) is 0 Å². The molecule has 0 atom stereocenters. The molecule has 0 aromatic heterocycles. The maximum Gasteiger partial charge on any atom is 0.208 e. The van der Waals surface area contributed by atoms with E-state index in [-0.39, 0.29) is 0 Å². The lowest BCUT2D eigenvalue weighted by atomic mass is 9.97. The van der Waals surface area contributed by atoms with Crippen LogP contribution >= 0.6 is 0 Å². The van der Waals surface area contributed by atoms with Gasteiger partial charge in [-0.25, -0.2) is 13.1 Å². The van der Waals surface area contributed by atoms with E-state index < -0.39 is 10.0 Å². The van der Waals surface area contributed by atoms with Crippen LogP contribution in [0.25, 0.3) is 0 Å². The van der Waals surface area contributed by atoms with Gasteiger partial charge in [0.2, 0.25) is 10.0 Å². The summed E-state index contributed by atoms with van der Waals surface area (Å²) in [5, 5.41) is 6.31. The second kappa shape index (κ2) is 8.97. The molecule has 0 heterocycles. The third-order valence-corrected chi connectivity index (χ3v) is 3.86. The Labute approximate surface area is 122 Å². The Morgan fingerprint density at radius 2 is 2.00 bits per heavy atom. The fraction of sp³-hybridized carbons (Fsp3) is 0.769. The summed E-state index contributed by atoms with van der Waals surface area (Å²) in [7, 11) is -1.41. The molecule has 1 rings (SSSR count). The van der Waals surface area contributed by atoms with Gasteiger partial charge in [0.25, 0.3) is 0 Å². The predicted octanol–water partition coefficient (Wildman–Crippen LogP) is 0.591. The number of hydrogen-bond acceptors (Lipinski definition) is 3. The number of aliphatic imine (C=N–C) groups is 1. The van der Waals surface area contributed by atoms with Crippen molar-refractivity contribution in [2.45, 2.75) is 32.1 Å². The Morgan fingerprint density at radius 3 is 2.60 bits per heavy atom. The first-order chi connectivity index (χ1) is 9.51. The molecule has 1 aliphatic rings. The molecule has 6 nitrogen and oxygen atoms in total. The van der Waals surface area contributed by atoms with Crippen molar-refractivity contribution in [3.05, 3.63) is 11.6 Å². The molecule has 0 spiro atoms. The fourth-order valence-corrected chi connectivity index (χ4v) is 2.58. The van der Waals surface area contributed by atoms with Crippen LogP contribution in [0.4, 0.5) is 0 Å². The average Bonchev–Trinajstić information content (AvgIpc) is 2.41. The van der Waals surface area contributed by atoms with Gasteiger partial charge in [0.1, 0.15) is 0 Å². The van der Waals surface area contributed by atoms with Gasteiger partial charge in [-0.2, -0.15) is 0 Å². The zero-order valence-electron chi connectivity index (χ0n) is 12.4. The van der Waals surface area contributed by atoms with Crippen LogP contribution in [-0.2, 0) is 10.0 Å². The normalized spacial score (nSPS) is 16.7. The second-order valence-corrected chi connectivity index (χ2v) is 6.78. The number of sulfonamides is 1. The highest BCUT2D eigenvalue weighted by Gasteiger charge is 2.04. The first-order valence-electron chi connectivity index (χ1n) is 7.08. The highest BCUT2D eigenvalue weighted by molar-refractivity contribution is 7.88. The Balaban J connectivity index is 2.15. The molecule has 20 heavy (non-hydrogen) atoms. The largest absolute Gasteiger partial charge is 0.356 e. The lowest BCUT2D eigenvalue weighted by molar-refractivity contribution is 0.586. The van der Waals surface area contributed by atoms with E-state index in [9.17, 15) is 8.42 Å². The van der Waals surface area contributed by atoms with Crippen molar-refractivity contribution < 1.29 is 8.42 Å². The Kier molecular flexibility index (Phi) is 7.61. The molecule has 1 aliphatic carbocycles. The first kappa shape index (κ1) is 17.0. The van der Waals surface area contributed by atoms with E-state index in [2.05, 4.69) is 26.4 Å². The fourth-order valence-electron chi connectivity index (χ4n) is 2.11. The minimum absolute atomic E-state index is 0.352. The van der Waals surface area contributed by atoms with Crippen molar-refractivity contribution in [3.8, 4) is 0 Å². The Hall–Kier alpha value is -1.08. The zero-order valence-corrected chi connectivity index (χ0v) is 13.2. The van der Waals surface area contributed by atoms with Crippen LogP contribution in [0.2, 0.25) is 0 Å². The maximum atomic E-state index is 10.9. The standard InChI is InChI=1S/C13H26N4O2S/c1-14-13(16-10-11-17-20(2,18)19)15-9-8-12-6-4-3-5-7-12/h6,17H,3-5,7-11H2,1-2H3,(H2,14,15,16). The van der Waals surface area contributed by atoms with E-state index in [1.54, 1.807) is 7.05 Å². The minimum atomic E-state index is -3.12. The second-order valence-electron chi connectivity index (χ2n) is 4.95. The summed E-state index contributed by atoms with van der Waals surface area (Å²) in [6.45, 7) is 1.71. The van der Waals surface area contributed by atoms with Crippen LogP contribution in [0, 0.1) is 0 Å². The van der Waals surface area contributed by atoms with Gasteiger partial charge in [0, 0.05) is 26.7 Å². The first-order valence-corrected chi connectivity index (χ1v) is 8.97. The number of nitrogens with one attached hydrogen (secondary N) is 3. The lowest BCUT2D eigenvalue weighted by Gasteiger charge is -2.15. The van der Waals surface area contributed by atoms with E-state index in [0.29, 0.717) is 19.0 Å². The third-order valence-electron chi connectivity index (χ3n) is 3.13. The van der Waals surface area contributed by atoms with E-state index >= 15 is 0 Å². The van der Waals surface area contributed by atoms with Gasteiger partial charge in [0.15, 0.2) is 5.96 Å². The number of rotatable bonds is 7. The highest BCUT2D eigenvalue weighted by Crippen LogP contribution is 2.19. The molecule has 0 radical (unpaired) electrons. The van der Waals surface area contributed by atoms with Crippen LogP contribution in [-0.4, -0.2) is 47.3 Å². The van der Waals surface area contributed by atoms with E-state index in [1.165, 1.54) is 31.3 Å². The smallest absolute Gasteiger partial charge is 0.208 e. The zero-order chi connectivity index (χ0) is 14.8. The number of hydrogen-bond donors (Lipinski definition) is 3. The summed E-state index contributed by atoms with van der Waals surface area (Å²) >= 11 is 0. The van der Waals surface area contributed by atoms with Crippen molar-refractivity contribution in [1.29, 1.82) is 0 Å². The molecule has 0 aromatic rings. The van der Waals surface area contributed by atoms with Crippen molar-refractivity contribution in [1.82, 2.24) is 15.4 Å². The minimum Gasteiger partial charge on any atom is -0.356 e. The topological polar surface area (TPSA) is 82.6 Å².